The van der Waals surface area contributed by atoms with Gasteiger partial charge in [-0.15, -0.1) is 0 Å². The van der Waals surface area contributed by atoms with Gasteiger partial charge in [0.1, 0.15) is 6.61 Å². The number of ether oxygens (including phenoxy) is 1. The Bertz CT molecular complexity index is 128. The van der Waals surface area contributed by atoms with E-state index in [1.54, 1.807) is 6.08 Å². The Labute approximate surface area is 46.6 Å². The molecule has 1 aliphatic rings. The maximum Gasteiger partial charge on any atom is 0.339 e. The van der Waals surface area contributed by atoms with Crippen LogP contribution in [0.5, 0.6) is 0 Å². The van der Waals surface area contributed by atoms with Crippen LogP contribution in [0.4, 0.5) is 0 Å². The molecule has 1 heterocycles. The van der Waals surface area contributed by atoms with Crippen molar-refractivity contribution in [2.45, 2.75) is 6.10 Å². The summed E-state index contributed by atoms with van der Waals surface area (Å²) in [4.78, 5) is 10.3. The topological polar surface area (TPSA) is 46.5 Å². The van der Waals surface area contributed by atoms with Crippen molar-refractivity contribution in [3.8, 4) is 0 Å². The average molecular weight is 114 g/mol. The van der Waals surface area contributed by atoms with Gasteiger partial charge in [-0.25, -0.2) is 4.79 Å². The van der Waals surface area contributed by atoms with E-state index in [-0.39, 0.29) is 6.61 Å². The fraction of sp³-hybridized carbons (Fsp3) is 0.400. The highest BCUT2D eigenvalue weighted by atomic mass is 16.5. The molecule has 0 bridgehead atoms. The van der Waals surface area contributed by atoms with Gasteiger partial charge in [0.05, 0.1) is 0 Å². The van der Waals surface area contributed by atoms with Crippen LogP contribution in [0, 0.1) is 0 Å². The fourth-order valence-electron chi connectivity index (χ4n) is 0.479. The van der Waals surface area contributed by atoms with E-state index in [1.807, 2.05) is 0 Å². The molecule has 8 heavy (non-hydrogen) atoms. The number of carbonyl (C=O) groups is 1. The predicted molar refractivity (Wildman–Crippen MR) is 26.1 cm³/mol. The quantitative estimate of drug-likeness (QED) is 0.340. The van der Waals surface area contributed by atoms with E-state index in [1.165, 1.54) is 6.08 Å². The number of carbonyl (C=O) groups excluding carboxylic acids is 1. The molecule has 0 aromatic heterocycles. The second-order valence-electron chi connectivity index (χ2n) is 1.50. The zero-order valence-electron chi connectivity index (χ0n) is 4.20. The lowest BCUT2D eigenvalue weighted by molar-refractivity contribution is -0.150. The molecule has 0 radical (unpaired) electrons. The average Bonchev–Trinajstić information content (AvgIpc) is 1.77. The van der Waals surface area contributed by atoms with Gasteiger partial charge >= 0.3 is 5.97 Å². The highest BCUT2D eigenvalue weighted by molar-refractivity contribution is 5.77. The summed E-state index contributed by atoms with van der Waals surface area (Å²) in [5.41, 5.74) is 0. The summed E-state index contributed by atoms with van der Waals surface area (Å²) in [6.45, 7) is 0.288. The van der Waals surface area contributed by atoms with Gasteiger partial charge in [0, 0.05) is 0 Å². The van der Waals surface area contributed by atoms with Crippen LogP contribution in [0.15, 0.2) is 12.2 Å². The maximum atomic E-state index is 10.3. The van der Waals surface area contributed by atoms with Gasteiger partial charge in [0.25, 0.3) is 0 Å². The van der Waals surface area contributed by atoms with Crippen LogP contribution in [0.3, 0.4) is 0 Å². The van der Waals surface area contributed by atoms with Crippen LogP contribution in [0.2, 0.25) is 0 Å². The molecule has 1 atom stereocenters. The minimum Gasteiger partial charge on any atom is -0.459 e. The molecule has 0 saturated heterocycles. The largest absolute Gasteiger partial charge is 0.459 e. The number of hydrogen-bond donors (Lipinski definition) is 1. The smallest absolute Gasteiger partial charge is 0.339 e. The van der Waals surface area contributed by atoms with Crippen molar-refractivity contribution < 1.29 is 14.6 Å². The van der Waals surface area contributed by atoms with Gasteiger partial charge in [-0.05, 0) is 12.2 Å². The van der Waals surface area contributed by atoms with Crippen molar-refractivity contribution in [3.63, 3.8) is 0 Å². The van der Waals surface area contributed by atoms with Crippen molar-refractivity contribution in [1.82, 2.24) is 0 Å². The van der Waals surface area contributed by atoms with E-state index < -0.39 is 12.1 Å². The summed E-state index contributed by atoms with van der Waals surface area (Å²) in [7, 11) is 0. The Morgan fingerprint density at radius 1 is 1.88 bits per heavy atom. The van der Waals surface area contributed by atoms with E-state index >= 15 is 0 Å². The van der Waals surface area contributed by atoms with Crippen LogP contribution in [-0.4, -0.2) is 23.8 Å². The zero-order valence-corrected chi connectivity index (χ0v) is 4.20. The van der Waals surface area contributed by atoms with E-state index in [9.17, 15) is 4.79 Å². The van der Waals surface area contributed by atoms with Gasteiger partial charge in [-0.3, -0.25) is 0 Å². The Hall–Kier alpha value is -0.830. The highest BCUT2D eigenvalue weighted by Crippen LogP contribution is 1.96. The maximum absolute atomic E-state index is 10.3. The van der Waals surface area contributed by atoms with Crippen molar-refractivity contribution >= 4 is 5.97 Å². The van der Waals surface area contributed by atoms with Crippen molar-refractivity contribution in [2.24, 2.45) is 0 Å². The van der Waals surface area contributed by atoms with Crippen molar-refractivity contribution in [1.29, 1.82) is 0 Å². The summed E-state index contributed by atoms with van der Waals surface area (Å²) in [6.07, 6.45) is 1.97. The molecule has 1 N–H and O–H groups in total. The van der Waals surface area contributed by atoms with Crippen molar-refractivity contribution in [3.05, 3.63) is 12.2 Å². The Morgan fingerprint density at radius 3 is 3.00 bits per heavy atom. The molecule has 0 aliphatic carbocycles. The van der Waals surface area contributed by atoms with Crippen LogP contribution in [0.1, 0.15) is 0 Å². The normalized spacial score (nSPS) is 27.6. The third-order valence-corrected chi connectivity index (χ3v) is 0.882. The Balaban J connectivity index is 2.60. The van der Waals surface area contributed by atoms with E-state index in [4.69, 9.17) is 5.11 Å². The molecule has 0 spiro atoms. The van der Waals surface area contributed by atoms with Gasteiger partial charge in [0.2, 0.25) is 0 Å². The minimum absolute atomic E-state index is 0.288. The molecular weight excluding hydrogens is 108 g/mol. The van der Waals surface area contributed by atoms with Crippen LogP contribution >= 0.6 is 0 Å². The summed E-state index contributed by atoms with van der Waals surface area (Å²) in [6, 6.07) is 0. The molecule has 0 aromatic rings. The molecule has 1 rings (SSSR count). The number of esters is 1. The second kappa shape index (κ2) is 1.96. The number of aliphatic hydroxyl groups is 1. The number of aliphatic hydroxyl groups excluding tert-OH is 1. The first-order valence-corrected chi connectivity index (χ1v) is 2.32. The van der Waals surface area contributed by atoms with Gasteiger partial charge < -0.3 is 9.84 Å². The molecule has 0 aromatic carbocycles. The third kappa shape index (κ3) is 0.869. The first-order valence-electron chi connectivity index (χ1n) is 2.32. The fourth-order valence-corrected chi connectivity index (χ4v) is 0.479. The minimum atomic E-state index is -1.04. The summed E-state index contributed by atoms with van der Waals surface area (Å²) in [5, 5.41) is 8.62. The lowest BCUT2D eigenvalue weighted by Gasteiger charge is -2.08. The molecule has 3 nitrogen and oxygen atoms in total. The van der Waals surface area contributed by atoms with Crippen LogP contribution in [0.25, 0.3) is 0 Å². The molecular formula is C5H6O3. The summed E-state index contributed by atoms with van der Waals surface area (Å²) in [5.74, 6) is -0.562. The SMILES string of the molecule is O=C1OCC=CC1O. The molecule has 0 saturated carbocycles. The Morgan fingerprint density at radius 2 is 2.62 bits per heavy atom. The van der Waals surface area contributed by atoms with Crippen LogP contribution in [-0.2, 0) is 9.53 Å². The third-order valence-electron chi connectivity index (χ3n) is 0.882. The summed E-state index contributed by atoms with van der Waals surface area (Å²) >= 11 is 0. The lowest BCUT2D eigenvalue weighted by Crippen LogP contribution is -2.24. The second-order valence-corrected chi connectivity index (χ2v) is 1.50. The standard InChI is InChI=1S/C5H6O3/c6-4-2-1-3-8-5(4)7/h1-2,4,6H,3H2. The van der Waals surface area contributed by atoms with E-state index in [2.05, 4.69) is 4.74 Å². The number of rotatable bonds is 0. The molecule has 3 heteroatoms. The van der Waals surface area contributed by atoms with Gasteiger partial charge in [-0.1, -0.05) is 0 Å². The van der Waals surface area contributed by atoms with Crippen molar-refractivity contribution in [2.75, 3.05) is 6.61 Å². The van der Waals surface area contributed by atoms with E-state index in [0.29, 0.717) is 0 Å². The monoisotopic (exact) mass is 114 g/mol. The van der Waals surface area contributed by atoms with Gasteiger partial charge in [-0.2, -0.15) is 0 Å². The van der Waals surface area contributed by atoms with Crippen LogP contribution < -0.4 is 0 Å². The molecule has 0 fully saturated rings. The first-order chi connectivity index (χ1) is 3.80. The molecule has 44 valence electrons. The molecule has 1 aliphatic heterocycles. The van der Waals surface area contributed by atoms with Gasteiger partial charge in [0.15, 0.2) is 6.10 Å². The Kier molecular flexibility index (Phi) is 1.30. The predicted octanol–water partition coefficient (Wildman–Crippen LogP) is -0.540. The first kappa shape index (κ1) is 5.31. The molecule has 0 amide bonds. The number of cyclic esters (lactones) is 1. The van der Waals surface area contributed by atoms with E-state index in [0.717, 1.165) is 0 Å². The lowest BCUT2D eigenvalue weighted by atomic mass is 10.3. The summed E-state index contributed by atoms with van der Waals surface area (Å²) < 4.78 is 4.41. The highest BCUT2D eigenvalue weighted by Gasteiger charge is 2.14. The number of hydrogen-bond acceptors (Lipinski definition) is 3. The zero-order chi connectivity index (χ0) is 5.98. The molecule has 1 unspecified atom stereocenters.